The topological polar surface area (TPSA) is 29.1 Å². The molecule has 1 fully saturated rings. The zero-order valence-corrected chi connectivity index (χ0v) is 4.39. The van der Waals surface area contributed by atoms with Gasteiger partial charge >= 0.3 is 0 Å². The summed E-state index contributed by atoms with van der Waals surface area (Å²) in [7, 11) is 0. The minimum Gasteiger partial charge on any atom is -0.347 e. The maximum absolute atomic E-state index is 10.2. The lowest BCUT2D eigenvalue weighted by molar-refractivity contribution is -0.134. The van der Waals surface area contributed by atoms with Crippen LogP contribution in [0.3, 0.4) is 0 Å². The maximum atomic E-state index is 10.2. The van der Waals surface area contributed by atoms with Gasteiger partial charge in [-0.15, -0.1) is 0 Å². The van der Waals surface area contributed by atoms with Crippen molar-refractivity contribution in [3.8, 4) is 0 Å². The minimum atomic E-state index is -0.812. The third kappa shape index (κ3) is 1.90. The molecule has 0 amide bonds. The monoisotopic (exact) mass is 101 g/mol. The van der Waals surface area contributed by atoms with Gasteiger partial charge in [0, 0.05) is 0 Å². The molecular weight excluding hydrogens is 92.1 g/mol. The van der Waals surface area contributed by atoms with Crippen molar-refractivity contribution in [3.63, 3.8) is 0 Å². The summed E-state index contributed by atoms with van der Waals surface area (Å²) in [6.07, 6.45) is 1.68. The number of hydrogen-bond donors (Lipinski definition) is 0. The summed E-state index contributed by atoms with van der Waals surface area (Å²) in [6, 6.07) is 0. The molecule has 0 spiro atoms. The van der Waals surface area contributed by atoms with E-state index in [1.165, 1.54) is 6.92 Å². The Bertz CT molecular complexity index is 57.1. The van der Waals surface area contributed by atoms with Gasteiger partial charge < -0.3 is 4.74 Å². The molecule has 2 nitrogen and oxygen atoms in total. The molecular formula is C5H9O2. The quantitative estimate of drug-likeness (QED) is 0.476. The van der Waals surface area contributed by atoms with E-state index < -0.39 is 6.29 Å². The van der Waals surface area contributed by atoms with Gasteiger partial charge in [0.15, 0.2) is 6.29 Å². The second kappa shape index (κ2) is 1.80. The smallest absolute Gasteiger partial charge is 0.188 e. The van der Waals surface area contributed by atoms with E-state index in [0.717, 1.165) is 12.8 Å². The lowest BCUT2D eigenvalue weighted by atomic mass is 10.7. The van der Waals surface area contributed by atoms with Crippen molar-refractivity contribution in [1.82, 2.24) is 0 Å². The molecule has 0 aliphatic heterocycles. The number of hydrogen-bond acceptors (Lipinski definition) is 1. The Balaban J connectivity index is 1.97. The predicted molar refractivity (Wildman–Crippen MR) is 24.3 cm³/mol. The second-order valence-electron chi connectivity index (χ2n) is 1.90. The van der Waals surface area contributed by atoms with Crippen molar-refractivity contribution in [1.29, 1.82) is 0 Å². The average Bonchev–Trinajstić information content (AvgIpc) is 2.17. The number of ether oxygens (including phenoxy) is 1. The highest BCUT2D eigenvalue weighted by molar-refractivity contribution is 4.72. The van der Waals surface area contributed by atoms with Gasteiger partial charge in [-0.1, -0.05) is 0 Å². The van der Waals surface area contributed by atoms with Gasteiger partial charge in [-0.3, -0.25) is 0 Å². The summed E-state index contributed by atoms with van der Waals surface area (Å²) in [6.45, 7) is 1.53. The van der Waals surface area contributed by atoms with Crippen LogP contribution in [0.25, 0.3) is 0 Å². The summed E-state index contributed by atoms with van der Waals surface area (Å²) >= 11 is 0. The zero-order chi connectivity index (χ0) is 5.28. The van der Waals surface area contributed by atoms with E-state index in [0.29, 0.717) is 6.10 Å². The SMILES string of the molecule is CC([O])OC1CC1. The van der Waals surface area contributed by atoms with Crippen LogP contribution in [0.1, 0.15) is 19.8 Å². The van der Waals surface area contributed by atoms with Crippen molar-refractivity contribution < 1.29 is 9.84 Å². The maximum Gasteiger partial charge on any atom is 0.188 e. The van der Waals surface area contributed by atoms with Crippen LogP contribution in [0.15, 0.2) is 0 Å². The van der Waals surface area contributed by atoms with Crippen LogP contribution in [0.2, 0.25) is 0 Å². The molecule has 1 unspecified atom stereocenters. The summed E-state index contributed by atoms with van der Waals surface area (Å²) in [5, 5.41) is 10.2. The van der Waals surface area contributed by atoms with Gasteiger partial charge in [0.1, 0.15) is 0 Å². The van der Waals surface area contributed by atoms with Crippen molar-refractivity contribution >= 4 is 0 Å². The van der Waals surface area contributed by atoms with Crippen LogP contribution in [0.5, 0.6) is 0 Å². The first kappa shape index (κ1) is 5.06. The molecule has 0 heterocycles. The zero-order valence-electron chi connectivity index (χ0n) is 4.39. The van der Waals surface area contributed by atoms with E-state index >= 15 is 0 Å². The molecule has 1 saturated carbocycles. The van der Waals surface area contributed by atoms with Crippen molar-refractivity contribution in [2.75, 3.05) is 0 Å². The normalized spacial score (nSPS) is 24.9. The summed E-state index contributed by atoms with van der Waals surface area (Å²) in [5.41, 5.74) is 0. The molecule has 41 valence electrons. The Labute approximate surface area is 43.1 Å². The Hall–Kier alpha value is -0.0800. The molecule has 0 saturated heterocycles. The van der Waals surface area contributed by atoms with Gasteiger partial charge in [-0.05, 0) is 19.8 Å². The fraction of sp³-hybridized carbons (Fsp3) is 1.00. The molecule has 1 atom stereocenters. The molecule has 0 aromatic heterocycles. The Morgan fingerprint density at radius 1 is 1.71 bits per heavy atom. The standard InChI is InChI=1S/C5H9O2/c1-4(6)7-5-2-3-5/h4-5H,2-3H2,1H3. The van der Waals surface area contributed by atoms with E-state index in [1.54, 1.807) is 0 Å². The lowest BCUT2D eigenvalue weighted by Crippen LogP contribution is -2.05. The first-order valence-electron chi connectivity index (χ1n) is 2.60. The van der Waals surface area contributed by atoms with Crippen LogP contribution in [-0.2, 0) is 9.84 Å². The van der Waals surface area contributed by atoms with Gasteiger partial charge in [-0.2, -0.15) is 0 Å². The molecule has 0 aromatic carbocycles. The molecule has 1 radical (unpaired) electrons. The minimum absolute atomic E-state index is 0.312. The van der Waals surface area contributed by atoms with Crippen LogP contribution in [0, 0.1) is 0 Å². The van der Waals surface area contributed by atoms with E-state index in [1.807, 2.05) is 0 Å². The largest absolute Gasteiger partial charge is 0.347 e. The van der Waals surface area contributed by atoms with Crippen molar-refractivity contribution in [2.45, 2.75) is 32.2 Å². The highest BCUT2D eigenvalue weighted by Crippen LogP contribution is 2.24. The molecule has 0 N–H and O–H groups in total. The first-order valence-corrected chi connectivity index (χ1v) is 2.60. The van der Waals surface area contributed by atoms with Crippen molar-refractivity contribution in [3.05, 3.63) is 0 Å². The van der Waals surface area contributed by atoms with Crippen LogP contribution in [-0.4, -0.2) is 12.4 Å². The van der Waals surface area contributed by atoms with Gasteiger partial charge in [0.25, 0.3) is 0 Å². The second-order valence-corrected chi connectivity index (χ2v) is 1.90. The molecule has 0 aromatic rings. The van der Waals surface area contributed by atoms with E-state index in [-0.39, 0.29) is 0 Å². The summed E-state index contributed by atoms with van der Waals surface area (Å²) in [4.78, 5) is 0. The fourth-order valence-corrected chi connectivity index (χ4v) is 0.475. The van der Waals surface area contributed by atoms with Crippen LogP contribution < -0.4 is 0 Å². The molecule has 7 heavy (non-hydrogen) atoms. The molecule has 1 rings (SSSR count). The predicted octanol–water partition coefficient (Wildman–Crippen LogP) is 0.942. The molecule has 1 aliphatic rings. The average molecular weight is 101 g/mol. The summed E-state index contributed by atoms with van der Waals surface area (Å²) < 4.78 is 4.81. The highest BCUT2D eigenvalue weighted by Gasteiger charge is 2.23. The number of rotatable bonds is 2. The Morgan fingerprint density at radius 3 is 2.43 bits per heavy atom. The van der Waals surface area contributed by atoms with E-state index in [9.17, 15) is 5.11 Å². The fourth-order valence-electron chi connectivity index (χ4n) is 0.475. The lowest BCUT2D eigenvalue weighted by Gasteiger charge is -1.98. The summed E-state index contributed by atoms with van der Waals surface area (Å²) in [5.74, 6) is 0. The molecule has 1 aliphatic carbocycles. The third-order valence-electron chi connectivity index (χ3n) is 0.908. The van der Waals surface area contributed by atoms with Gasteiger partial charge in [-0.25, -0.2) is 5.11 Å². The first-order chi connectivity index (χ1) is 3.29. The van der Waals surface area contributed by atoms with Gasteiger partial charge in [0.2, 0.25) is 0 Å². The molecule has 0 bridgehead atoms. The molecule has 2 heteroatoms. The van der Waals surface area contributed by atoms with Gasteiger partial charge in [0.05, 0.1) is 6.10 Å². The Kier molecular flexibility index (Phi) is 1.30. The van der Waals surface area contributed by atoms with Crippen molar-refractivity contribution in [2.24, 2.45) is 0 Å². The van der Waals surface area contributed by atoms with E-state index in [2.05, 4.69) is 0 Å². The van der Waals surface area contributed by atoms with Crippen LogP contribution >= 0.6 is 0 Å². The van der Waals surface area contributed by atoms with Crippen LogP contribution in [0.4, 0.5) is 0 Å². The van der Waals surface area contributed by atoms with E-state index in [4.69, 9.17) is 4.74 Å². The third-order valence-corrected chi connectivity index (χ3v) is 0.908. The highest BCUT2D eigenvalue weighted by atomic mass is 16.6. The Morgan fingerprint density at radius 2 is 2.29 bits per heavy atom.